The Morgan fingerprint density at radius 1 is 1.40 bits per heavy atom. The van der Waals surface area contributed by atoms with Crippen molar-refractivity contribution >= 4 is 0 Å². The van der Waals surface area contributed by atoms with Gasteiger partial charge in [-0.3, -0.25) is 0 Å². The molecule has 0 spiro atoms. The zero-order valence-electron chi connectivity index (χ0n) is 7.31. The quantitative estimate of drug-likeness (QED) is 0.472. The minimum Gasteiger partial charge on any atom is -0.501 e. The molecule has 1 heteroatoms. The van der Waals surface area contributed by atoms with E-state index in [1.807, 2.05) is 20.1 Å². The molecule has 0 radical (unpaired) electrons. The predicted molar refractivity (Wildman–Crippen MR) is 46.9 cm³/mol. The van der Waals surface area contributed by atoms with Crippen LogP contribution in [0.25, 0.3) is 0 Å². The zero-order valence-corrected chi connectivity index (χ0v) is 7.31. The fourth-order valence-electron chi connectivity index (χ4n) is 0.480. The summed E-state index contributed by atoms with van der Waals surface area (Å²) in [4.78, 5) is 0. The molecule has 0 aromatic heterocycles. The molecule has 0 unspecified atom stereocenters. The summed E-state index contributed by atoms with van der Waals surface area (Å²) in [6, 6.07) is 0. The van der Waals surface area contributed by atoms with Crippen LogP contribution < -0.4 is 0 Å². The SMILES string of the molecule is C=C.CC.CC1=COCC1. The highest BCUT2D eigenvalue weighted by Gasteiger charge is 1.95. The van der Waals surface area contributed by atoms with Gasteiger partial charge in [0.1, 0.15) is 0 Å². The molecular formula is C9H18O. The normalized spacial score (nSPS) is 12.9. The standard InChI is InChI=1S/C5H8O.C2H6.C2H4/c1-5-2-3-6-4-5;2*1-2/h4H,2-3H2,1H3;1-2H3;1-2H2. The molecule has 1 nitrogen and oxygen atoms in total. The first-order valence-corrected chi connectivity index (χ1v) is 3.67. The molecule has 0 aliphatic carbocycles. The third-order valence-electron chi connectivity index (χ3n) is 0.899. The van der Waals surface area contributed by atoms with Crippen LogP contribution in [-0.4, -0.2) is 6.61 Å². The maximum atomic E-state index is 4.89. The third kappa shape index (κ3) is 7.28. The smallest absolute Gasteiger partial charge is 0.0911 e. The molecule has 0 N–H and O–H groups in total. The molecule has 0 saturated heterocycles. The Balaban J connectivity index is 0. The van der Waals surface area contributed by atoms with Crippen LogP contribution in [0.3, 0.4) is 0 Å². The van der Waals surface area contributed by atoms with Gasteiger partial charge in [0.05, 0.1) is 12.9 Å². The Hall–Kier alpha value is -0.720. The highest BCUT2D eigenvalue weighted by atomic mass is 16.5. The molecule has 1 rings (SSSR count). The Labute approximate surface area is 64.4 Å². The van der Waals surface area contributed by atoms with Gasteiger partial charge in [-0.1, -0.05) is 13.8 Å². The van der Waals surface area contributed by atoms with E-state index in [4.69, 9.17) is 4.74 Å². The van der Waals surface area contributed by atoms with Crippen molar-refractivity contribution in [3.63, 3.8) is 0 Å². The van der Waals surface area contributed by atoms with E-state index in [9.17, 15) is 0 Å². The maximum absolute atomic E-state index is 4.89. The van der Waals surface area contributed by atoms with Gasteiger partial charge in [0.2, 0.25) is 0 Å². The molecule has 0 bridgehead atoms. The van der Waals surface area contributed by atoms with Crippen molar-refractivity contribution in [3.05, 3.63) is 25.0 Å². The van der Waals surface area contributed by atoms with Crippen molar-refractivity contribution in [2.75, 3.05) is 6.61 Å². The van der Waals surface area contributed by atoms with Crippen LogP contribution in [0.4, 0.5) is 0 Å². The Kier molecular flexibility index (Phi) is 13.4. The lowest BCUT2D eigenvalue weighted by Crippen LogP contribution is -1.72. The molecule has 0 aromatic carbocycles. The van der Waals surface area contributed by atoms with E-state index < -0.39 is 0 Å². The zero-order chi connectivity index (χ0) is 8.41. The summed E-state index contributed by atoms with van der Waals surface area (Å²) in [7, 11) is 0. The van der Waals surface area contributed by atoms with Crippen LogP contribution in [0.15, 0.2) is 25.0 Å². The van der Waals surface area contributed by atoms with Crippen LogP contribution in [0, 0.1) is 0 Å². The van der Waals surface area contributed by atoms with Crippen molar-refractivity contribution < 1.29 is 4.74 Å². The second-order valence-electron chi connectivity index (χ2n) is 1.58. The van der Waals surface area contributed by atoms with Gasteiger partial charge in [-0.2, -0.15) is 0 Å². The number of rotatable bonds is 0. The highest BCUT2D eigenvalue weighted by Crippen LogP contribution is 2.06. The van der Waals surface area contributed by atoms with Gasteiger partial charge in [-0.05, 0) is 12.5 Å². The summed E-state index contributed by atoms with van der Waals surface area (Å²) in [5, 5.41) is 0. The highest BCUT2D eigenvalue weighted by molar-refractivity contribution is 4.96. The summed E-state index contributed by atoms with van der Waals surface area (Å²) in [5.41, 5.74) is 1.36. The van der Waals surface area contributed by atoms with Gasteiger partial charge >= 0.3 is 0 Å². The fraction of sp³-hybridized carbons (Fsp3) is 0.556. The van der Waals surface area contributed by atoms with Crippen molar-refractivity contribution in [1.29, 1.82) is 0 Å². The average Bonchev–Trinajstić information content (AvgIpc) is 2.48. The largest absolute Gasteiger partial charge is 0.501 e. The fourth-order valence-corrected chi connectivity index (χ4v) is 0.480. The molecule has 1 aliphatic rings. The van der Waals surface area contributed by atoms with Crippen LogP contribution >= 0.6 is 0 Å². The molecule has 0 atom stereocenters. The molecule has 0 amide bonds. The monoisotopic (exact) mass is 142 g/mol. The first-order chi connectivity index (χ1) is 4.89. The Morgan fingerprint density at radius 2 is 1.90 bits per heavy atom. The molecular weight excluding hydrogens is 124 g/mol. The summed E-state index contributed by atoms with van der Waals surface area (Å²) in [6.45, 7) is 13.0. The topological polar surface area (TPSA) is 9.23 Å². The molecule has 0 saturated carbocycles. The van der Waals surface area contributed by atoms with Crippen LogP contribution in [-0.2, 0) is 4.74 Å². The Bertz CT molecular complexity index is 84.7. The van der Waals surface area contributed by atoms with E-state index in [-0.39, 0.29) is 0 Å². The van der Waals surface area contributed by atoms with Gasteiger partial charge in [0.25, 0.3) is 0 Å². The van der Waals surface area contributed by atoms with Crippen molar-refractivity contribution in [3.8, 4) is 0 Å². The van der Waals surface area contributed by atoms with E-state index in [1.165, 1.54) is 5.57 Å². The third-order valence-corrected chi connectivity index (χ3v) is 0.899. The van der Waals surface area contributed by atoms with E-state index >= 15 is 0 Å². The lowest BCUT2D eigenvalue weighted by atomic mass is 10.3. The van der Waals surface area contributed by atoms with Crippen LogP contribution in [0.2, 0.25) is 0 Å². The van der Waals surface area contributed by atoms with Crippen LogP contribution in [0.1, 0.15) is 27.2 Å². The van der Waals surface area contributed by atoms with Crippen LogP contribution in [0.5, 0.6) is 0 Å². The molecule has 0 aromatic rings. The Morgan fingerprint density at radius 3 is 2.00 bits per heavy atom. The van der Waals surface area contributed by atoms with E-state index in [2.05, 4.69) is 20.1 Å². The van der Waals surface area contributed by atoms with Crippen molar-refractivity contribution in [2.24, 2.45) is 0 Å². The van der Waals surface area contributed by atoms with Crippen molar-refractivity contribution in [2.45, 2.75) is 27.2 Å². The predicted octanol–water partition coefficient (Wildman–Crippen LogP) is 3.14. The van der Waals surface area contributed by atoms with Gasteiger partial charge < -0.3 is 4.74 Å². The molecule has 1 heterocycles. The lowest BCUT2D eigenvalue weighted by molar-refractivity contribution is 0.281. The molecule has 1 aliphatic heterocycles. The van der Waals surface area contributed by atoms with Crippen molar-refractivity contribution in [1.82, 2.24) is 0 Å². The average molecular weight is 142 g/mol. The number of ether oxygens (including phenoxy) is 1. The van der Waals surface area contributed by atoms with Gasteiger partial charge in [-0.15, -0.1) is 13.2 Å². The number of hydrogen-bond acceptors (Lipinski definition) is 1. The molecule has 0 fully saturated rings. The lowest BCUT2D eigenvalue weighted by Gasteiger charge is -1.80. The van der Waals surface area contributed by atoms with Gasteiger partial charge in [0, 0.05) is 6.42 Å². The van der Waals surface area contributed by atoms with Gasteiger partial charge in [-0.25, -0.2) is 0 Å². The molecule has 60 valence electrons. The minimum absolute atomic E-state index is 0.895. The first kappa shape index (κ1) is 12.0. The first-order valence-electron chi connectivity index (χ1n) is 3.67. The minimum atomic E-state index is 0.895. The van der Waals surface area contributed by atoms with E-state index in [0.717, 1.165) is 13.0 Å². The summed E-state index contributed by atoms with van der Waals surface area (Å²) in [5.74, 6) is 0. The van der Waals surface area contributed by atoms with E-state index in [1.54, 1.807) is 0 Å². The number of hydrogen-bond donors (Lipinski definition) is 0. The summed E-state index contributed by atoms with van der Waals surface area (Å²) < 4.78 is 4.89. The van der Waals surface area contributed by atoms with Gasteiger partial charge in [0.15, 0.2) is 0 Å². The maximum Gasteiger partial charge on any atom is 0.0911 e. The van der Waals surface area contributed by atoms with E-state index in [0.29, 0.717) is 0 Å². The summed E-state index contributed by atoms with van der Waals surface area (Å²) >= 11 is 0. The summed E-state index contributed by atoms with van der Waals surface area (Å²) in [6.07, 6.45) is 2.94. The molecule has 10 heavy (non-hydrogen) atoms. The second-order valence-corrected chi connectivity index (χ2v) is 1.58. The second kappa shape index (κ2) is 11.1.